The standard InChI is InChI=1S/C19H15ClF3N3O/c1-2-12-5-3-7-14(9-12)25-18(27)16-11-24-26(17(16)19(21,22)23)15-8-4-6-13(20)10-15/h3-11H,2H2,1H3,(H,25,27). The van der Waals surface area contributed by atoms with Gasteiger partial charge in [-0.2, -0.15) is 18.3 Å². The number of amides is 1. The summed E-state index contributed by atoms with van der Waals surface area (Å²) < 4.78 is 41.7. The molecular weight excluding hydrogens is 379 g/mol. The Morgan fingerprint density at radius 3 is 2.59 bits per heavy atom. The van der Waals surface area contributed by atoms with E-state index < -0.39 is 23.3 Å². The van der Waals surface area contributed by atoms with Gasteiger partial charge in [-0.25, -0.2) is 4.68 Å². The largest absolute Gasteiger partial charge is 0.434 e. The van der Waals surface area contributed by atoms with Gasteiger partial charge in [0.05, 0.1) is 17.4 Å². The Kier molecular flexibility index (Phi) is 5.23. The van der Waals surface area contributed by atoms with Crippen LogP contribution < -0.4 is 5.32 Å². The van der Waals surface area contributed by atoms with Gasteiger partial charge >= 0.3 is 6.18 Å². The predicted octanol–water partition coefficient (Wildman–Crippen LogP) is 5.36. The lowest BCUT2D eigenvalue weighted by atomic mass is 10.1. The molecule has 27 heavy (non-hydrogen) atoms. The number of carbonyl (C=O) groups is 1. The molecule has 1 aromatic heterocycles. The molecule has 0 fully saturated rings. The van der Waals surface area contributed by atoms with Crippen LogP contribution in [0.3, 0.4) is 0 Å². The summed E-state index contributed by atoms with van der Waals surface area (Å²) in [5, 5.41) is 6.53. The summed E-state index contributed by atoms with van der Waals surface area (Å²) in [7, 11) is 0. The Morgan fingerprint density at radius 2 is 1.93 bits per heavy atom. The van der Waals surface area contributed by atoms with Crippen LogP contribution in [0, 0.1) is 0 Å². The zero-order valence-corrected chi connectivity index (χ0v) is 15.0. The van der Waals surface area contributed by atoms with Crippen molar-refractivity contribution in [1.82, 2.24) is 9.78 Å². The number of alkyl halides is 3. The first-order chi connectivity index (χ1) is 12.8. The number of halogens is 4. The molecule has 4 nitrogen and oxygen atoms in total. The molecule has 0 aliphatic heterocycles. The Labute approximate surface area is 158 Å². The molecule has 1 heterocycles. The minimum Gasteiger partial charge on any atom is -0.322 e. The van der Waals surface area contributed by atoms with E-state index in [4.69, 9.17) is 11.6 Å². The summed E-state index contributed by atoms with van der Waals surface area (Å²) in [4.78, 5) is 12.5. The highest BCUT2D eigenvalue weighted by Gasteiger charge is 2.40. The van der Waals surface area contributed by atoms with Crippen LogP contribution in [0.1, 0.15) is 28.5 Å². The van der Waals surface area contributed by atoms with E-state index in [2.05, 4.69) is 10.4 Å². The first kappa shape index (κ1) is 19.0. The maximum atomic E-state index is 13.7. The number of hydrogen-bond acceptors (Lipinski definition) is 2. The first-order valence-electron chi connectivity index (χ1n) is 8.11. The molecule has 0 saturated carbocycles. The minimum atomic E-state index is -4.78. The molecule has 0 aliphatic rings. The number of anilines is 1. The number of hydrogen-bond donors (Lipinski definition) is 1. The normalized spacial score (nSPS) is 11.4. The third-order valence-electron chi connectivity index (χ3n) is 3.93. The lowest BCUT2D eigenvalue weighted by molar-refractivity contribution is -0.143. The molecule has 0 aliphatic carbocycles. The highest BCUT2D eigenvalue weighted by atomic mass is 35.5. The van der Waals surface area contributed by atoms with Gasteiger partial charge in [0.25, 0.3) is 5.91 Å². The average molecular weight is 394 g/mol. The minimum absolute atomic E-state index is 0.113. The smallest absolute Gasteiger partial charge is 0.322 e. The van der Waals surface area contributed by atoms with Crippen molar-refractivity contribution in [2.24, 2.45) is 0 Å². The number of aromatic nitrogens is 2. The van der Waals surface area contributed by atoms with Crippen molar-refractivity contribution in [2.45, 2.75) is 19.5 Å². The van der Waals surface area contributed by atoms with Gasteiger partial charge in [-0.1, -0.05) is 36.7 Å². The molecule has 8 heteroatoms. The fraction of sp³-hybridized carbons (Fsp3) is 0.158. The van der Waals surface area contributed by atoms with Crippen molar-refractivity contribution in [2.75, 3.05) is 5.32 Å². The first-order valence-corrected chi connectivity index (χ1v) is 8.49. The van der Waals surface area contributed by atoms with E-state index in [1.165, 1.54) is 24.3 Å². The number of nitrogens with zero attached hydrogens (tertiary/aromatic N) is 2. The van der Waals surface area contributed by atoms with Gasteiger partial charge in [0.2, 0.25) is 0 Å². The van der Waals surface area contributed by atoms with E-state index in [0.29, 0.717) is 10.4 Å². The molecule has 3 rings (SSSR count). The van der Waals surface area contributed by atoms with E-state index in [1.807, 2.05) is 13.0 Å². The number of aryl methyl sites for hydroxylation is 1. The number of rotatable bonds is 4. The Morgan fingerprint density at radius 1 is 1.19 bits per heavy atom. The zero-order valence-electron chi connectivity index (χ0n) is 14.2. The molecule has 3 aromatic rings. The average Bonchev–Trinajstić information content (AvgIpc) is 3.07. The van der Waals surface area contributed by atoms with Gasteiger partial charge in [-0.3, -0.25) is 4.79 Å². The fourth-order valence-electron chi connectivity index (χ4n) is 2.66. The Balaban J connectivity index is 2.01. The Bertz CT molecular complexity index is 982. The third kappa shape index (κ3) is 4.14. The van der Waals surface area contributed by atoms with E-state index in [1.54, 1.807) is 18.2 Å². The van der Waals surface area contributed by atoms with Gasteiger partial charge in [-0.05, 0) is 42.3 Å². The van der Waals surface area contributed by atoms with Gasteiger partial charge in [0.1, 0.15) is 0 Å². The summed E-state index contributed by atoms with van der Waals surface area (Å²) in [6.07, 6.45) is -3.14. The second kappa shape index (κ2) is 7.44. The van der Waals surface area contributed by atoms with Crippen LogP contribution in [-0.2, 0) is 12.6 Å². The van der Waals surface area contributed by atoms with Gasteiger partial charge in [0, 0.05) is 10.7 Å². The molecule has 0 bridgehead atoms. The molecule has 0 unspecified atom stereocenters. The second-order valence-electron chi connectivity index (χ2n) is 5.80. The molecule has 1 N–H and O–H groups in total. The molecule has 1 amide bonds. The summed E-state index contributed by atoms with van der Waals surface area (Å²) in [6.45, 7) is 1.94. The molecular formula is C19H15ClF3N3O. The number of nitrogens with one attached hydrogen (secondary N) is 1. The topological polar surface area (TPSA) is 46.9 Å². The third-order valence-corrected chi connectivity index (χ3v) is 4.16. The second-order valence-corrected chi connectivity index (χ2v) is 6.24. The van der Waals surface area contributed by atoms with E-state index in [0.717, 1.165) is 18.2 Å². The summed E-state index contributed by atoms with van der Waals surface area (Å²) in [6, 6.07) is 12.8. The quantitative estimate of drug-likeness (QED) is 0.648. The van der Waals surface area contributed by atoms with Crippen molar-refractivity contribution in [3.05, 3.63) is 76.6 Å². The van der Waals surface area contributed by atoms with Crippen LogP contribution in [0.2, 0.25) is 5.02 Å². The van der Waals surface area contributed by atoms with Crippen molar-refractivity contribution >= 4 is 23.2 Å². The van der Waals surface area contributed by atoms with Crippen molar-refractivity contribution in [3.8, 4) is 5.69 Å². The van der Waals surface area contributed by atoms with E-state index in [-0.39, 0.29) is 10.7 Å². The molecule has 0 saturated heterocycles. The van der Waals surface area contributed by atoms with Crippen LogP contribution in [0.25, 0.3) is 5.69 Å². The Hall–Kier alpha value is -2.80. The number of carbonyl (C=O) groups excluding carboxylic acids is 1. The van der Waals surface area contributed by atoms with Crippen LogP contribution in [0.5, 0.6) is 0 Å². The van der Waals surface area contributed by atoms with Crippen molar-refractivity contribution in [3.63, 3.8) is 0 Å². The van der Waals surface area contributed by atoms with Gasteiger partial charge in [-0.15, -0.1) is 0 Å². The summed E-state index contributed by atoms with van der Waals surface area (Å²) in [5.74, 6) is -0.885. The molecule has 2 aromatic carbocycles. The summed E-state index contributed by atoms with van der Waals surface area (Å²) in [5.41, 5.74) is -0.235. The molecule has 140 valence electrons. The van der Waals surface area contributed by atoms with Crippen molar-refractivity contribution in [1.29, 1.82) is 0 Å². The van der Waals surface area contributed by atoms with Crippen LogP contribution >= 0.6 is 11.6 Å². The monoisotopic (exact) mass is 393 g/mol. The van der Waals surface area contributed by atoms with Gasteiger partial charge in [0.15, 0.2) is 5.69 Å². The fourth-order valence-corrected chi connectivity index (χ4v) is 2.84. The van der Waals surface area contributed by atoms with E-state index in [9.17, 15) is 18.0 Å². The highest BCUT2D eigenvalue weighted by Crippen LogP contribution is 2.34. The summed E-state index contributed by atoms with van der Waals surface area (Å²) >= 11 is 5.86. The molecule has 0 atom stereocenters. The molecule has 0 radical (unpaired) electrons. The van der Waals surface area contributed by atoms with Crippen LogP contribution in [0.15, 0.2) is 54.7 Å². The van der Waals surface area contributed by atoms with Crippen molar-refractivity contribution < 1.29 is 18.0 Å². The van der Waals surface area contributed by atoms with Crippen LogP contribution in [-0.4, -0.2) is 15.7 Å². The SMILES string of the molecule is CCc1cccc(NC(=O)c2cnn(-c3cccc(Cl)c3)c2C(F)(F)F)c1. The maximum absolute atomic E-state index is 13.7. The predicted molar refractivity (Wildman–Crippen MR) is 97.3 cm³/mol. The highest BCUT2D eigenvalue weighted by molar-refractivity contribution is 6.30. The maximum Gasteiger partial charge on any atom is 0.434 e. The van der Waals surface area contributed by atoms with Gasteiger partial charge < -0.3 is 5.32 Å². The zero-order chi connectivity index (χ0) is 19.6. The van der Waals surface area contributed by atoms with E-state index >= 15 is 0 Å². The lowest BCUT2D eigenvalue weighted by Crippen LogP contribution is -2.20. The number of benzene rings is 2. The van der Waals surface area contributed by atoms with Crippen LogP contribution in [0.4, 0.5) is 18.9 Å². The lowest BCUT2D eigenvalue weighted by Gasteiger charge is -2.13. The molecule has 0 spiro atoms.